The topological polar surface area (TPSA) is 81.4 Å². The number of carbonyl (C=O) groups excluding carboxylic acids is 1. The number of methoxy groups -OCH3 is 1. The number of esters is 1. The smallest absolute Gasteiger partial charge is 0.337 e. The van der Waals surface area contributed by atoms with Crippen LogP contribution in [0.15, 0.2) is 24.3 Å². The molecule has 6 nitrogen and oxygen atoms in total. The van der Waals surface area contributed by atoms with Gasteiger partial charge in [-0.1, -0.05) is 12.1 Å². The van der Waals surface area contributed by atoms with Crippen molar-refractivity contribution >= 4 is 11.9 Å². The second-order valence-electron chi connectivity index (χ2n) is 5.07. The van der Waals surface area contributed by atoms with E-state index in [0.717, 1.165) is 22.5 Å². The molecule has 1 N–H and O–H groups in total. The fraction of sp³-hybridized carbons (Fsp3) is 0.312. The molecule has 0 spiro atoms. The Kier molecular flexibility index (Phi) is 4.60. The first-order valence-electron chi connectivity index (χ1n) is 6.84. The van der Waals surface area contributed by atoms with Crippen molar-refractivity contribution in [3.8, 4) is 0 Å². The minimum atomic E-state index is -0.867. The molecule has 6 heteroatoms. The van der Waals surface area contributed by atoms with Crippen LogP contribution in [0.3, 0.4) is 0 Å². The number of carboxylic acid groups (broad SMARTS) is 1. The maximum absolute atomic E-state index is 11.4. The van der Waals surface area contributed by atoms with Gasteiger partial charge in [-0.3, -0.25) is 9.48 Å². The predicted molar refractivity (Wildman–Crippen MR) is 79.9 cm³/mol. The summed E-state index contributed by atoms with van der Waals surface area (Å²) in [5.74, 6) is -1.24. The standard InChI is InChI=1S/C16H18N2O4/c1-10-14(8-15(19)20)11(2)18(17-10)9-12-4-6-13(7-5-12)16(21)22-3/h4-7H,8-9H2,1-3H3,(H,19,20). The molecular weight excluding hydrogens is 284 g/mol. The average Bonchev–Trinajstić information content (AvgIpc) is 2.74. The third-order valence-electron chi connectivity index (χ3n) is 3.57. The highest BCUT2D eigenvalue weighted by Gasteiger charge is 2.14. The van der Waals surface area contributed by atoms with Crippen LogP contribution in [-0.4, -0.2) is 33.9 Å². The van der Waals surface area contributed by atoms with Crippen LogP contribution in [-0.2, 0) is 22.5 Å². The quantitative estimate of drug-likeness (QED) is 0.854. The lowest BCUT2D eigenvalue weighted by molar-refractivity contribution is -0.136. The molecule has 0 saturated heterocycles. The molecule has 1 aromatic carbocycles. The summed E-state index contributed by atoms with van der Waals surface area (Å²) in [7, 11) is 1.34. The van der Waals surface area contributed by atoms with Crippen LogP contribution in [0, 0.1) is 13.8 Å². The van der Waals surface area contributed by atoms with Gasteiger partial charge in [-0.25, -0.2) is 4.79 Å². The van der Waals surface area contributed by atoms with Gasteiger partial charge >= 0.3 is 11.9 Å². The Hall–Kier alpha value is -2.63. The number of hydrogen-bond donors (Lipinski definition) is 1. The van der Waals surface area contributed by atoms with Crippen LogP contribution >= 0.6 is 0 Å². The Morgan fingerprint density at radius 1 is 1.23 bits per heavy atom. The van der Waals surface area contributed by atoms with Gasteiger partial charge in [-0.2, -0.15) is 5.10 Å². The van der Waals surface area contributed by atoms with Crippen LogP contribution in [0.5, 0.6) is 0 Å². The summed E-state index contributed by atoms with van der Waals surface area (Å²) in [6.45, 7) is 4.19. The molecule has 0 radical (unpaired) electrons. The van der Waals surface area contributed by atoms with Gasteiger partial charge in [0.15, 0.2) is 0 Å². The Morgan fingerprint density at radius 2 is 1.86 bits per heavy atom. The molecule has 1 aromatic heterocycles. The SMILES string of the molecule is COC(=O)c1ccc(Cn2nc(C)c(CC(=O)O)c2C)cc1. The lowest BCUT2D eigenvalue weighted by atomic mass is 10.1. The predicted octanol–water partition coefficient (Wildman–Crippen LogP) is 1.96. The minimum Gasteiger partial charge on any atom is -0.481 e. The molecule has 22 heavy (non-hydrogen) atoms. The maximum atomic E-state index is 11.4. The van der Waals surface area contributed by atoms with Crippen LogP contribution in [0.2, 0.25) is 0 Å². The molecule has 0 saturated carbocycles. The molecule has 0 atom stereocenters. The Labute approximate surface area is 128 Å². The van der Waals surface area contributed by atoms with Gasteiger partial charge in [-0.05, 0) is 31.5 Å². The second kappa shape index (κ2) is 6.43. The van der Waals surface area contributed by atoms with Crippen LogP contribution in [0.25, 0.3) is 0 Å². The molecule has 116 valence electrons. The summed E-state index contributed by atoms with van der Waals surface area (Å²) in [4.78, 5) is 22.3. The van der Waals surface area contributed by atoms with E-state index in [4.69, 9.17) is 5.11 Å². The van der Waals surface area contributed by atoms with Crippen molar-refractivity contribution < 1.29 is 19.4 Å². The van der Waals surface area contributed by atoms with E-state index in [-0.39, 0.29) is 12.4 Å². The zero-order chi connectivity index (χ0) is 16.3. The number of carbonyl (C=O) groups is 2. The monoisotopic (exact) mass is 302 g/mol. The first kappa shape index (κ1) is 15.8. The summed E-state index contributed by atoms with van der Waals surface area (Å²) in [5, 5.41) is 13.3. The molecule has 0 aliphatic heterocycles. The molecule has 2 rings (SSSR count). The van der Waals surface area contributed by atoms with Gasteiger partial charge in [0.2, 0.25) is 0 Å². The third kappa shape index (κ3) is 3.33. The van der Waals surface area contributed by atoms with E-state index in [0.29, 0.717) is 12.1 Å². The number of nitrogens with zero attached hydrogens (tertiary/aromatic N) is 2. The molecular formula is C16H18N2O4. The number of benzene rings is 1. The van der Waals surface area contributed by atoms with Crippen LogP contribution < -0.4 is 0 Å². The number of rotatable bonds is 5. The van der Waals surface area contributed by atoms with Gasteiger partial charge in [0.1, 0.15) is 0 Å². The number of aliphatic carboxylic acids is 1. The van der Waals surface area contributed by atoms with E-state index < -0.39 is 5.97 Å². The van der Waals surface area contributed by atoms with E-state index >= 15 is 0 Å². The Morgan fingerprint density at radius 3 is 2.41 bits per heavy atom. The fourth-order valence-electron chi connectivity index (χ4n) is 2.33. The lowest BCUT2D eigenvalue weighted by Gasteiger charge is -2.06. The van der Waals surface area contributed by atoms with Crippen molar-refractivity contribution in [2.75, 3.05) is 7.11 Å². The van der Waals surface area contributed by atoms with Crippen LogP contribution in [0.4, 0.5) is 0 Å². The van der Waals surface area contributed by atoms with Crippen molar-refractivity contribution in [2.24, 2.45) is 0 Å². The van der Waals surface area contributed by atoms with Crippen molar-refractivity contribution in [3.63, 3.8) is 0 Å². The van der Waals surface area contributed by atoms with E-state index in [1.165, 1.54) is 7.11 Å². The first-order valence-corrected chi connectivity index (χ1v) is 6.84. The van der Waals surface area contributed by atoms with Crippen molar-refractivity contribution in [3.05, 3.63) is 52.3 Å². The normalized spacial score (nSPS) is 10.5. The van der Waals surface area contributed by atoms with Gasteiger partial charge in [0, 0.05) is 11.3 Å². The number of carboxylic acids is 1. The maximum Gasteiger partial charge on any atom is 0.337 e. The molecule has 2 aromatic rings. The fourth-order valence-corrected chi connectivity index (χ4v) is 2.33. The Balaban J connectivity index is 2.20. The zero-order valence-corrected chi connectivity index (χ0v) is 12.8. The molecule has 0 amide bonds. The highest BCUT2D eigenvalue weighted by atomic mass is 16.5. The number of ether oxygens (including phenoxy) is 1. The highest BCUT2D eigenvalue weighted by Crippen LogP contribution is 2.16. The summed E-state index contributed by atoms with van der Waals surface area (Å²) in [6, 6.07) is 7.06. The van der Waals surface area contributed by atoms with E-state index in [2.05, 4.69) is 9.84 Å². The highest BCUT2D eigenvalue weighted by molar-refractivity contribution is 5.89. The van der Waals surface area contributed by atoms with E-state index in [1.807, 2.05) is 26.0 Å². The number of aryl methyl sites for hydroxylation is 1. The largest absolute Gasteiger partial charge is 0.481 e. The summed E-state index contributed by atoms with van der Waals surface area (Å²) >= 11 is 0. The van der Waals surface area contributed by atoms with Crippen molar-refractivity contribution in [1.82, 2.24) is 9.78 Å². The number of aromatic nitrogens is 2. The molecule has 0 aliphatic rings. The van der Waals surface area contributed by atoms with Crippen molar-refractivity contribution in [2.45, 2.75) is 26.8 Å². The van der Waals surface area contributed by atoms with E-state index in [1.54, 1.807) is 16.8 Å². The van der Waals surface area contributed by atoms with Gasteiger partial charge in [0.05, 0.1) is 31.3 Å². The third-order valence-corrected chi connectivity index (χ3v) is 3.57. The molecule has 1 heterocycles. The zero-order valence-electron chi connectivity index (χ0n) is 12.8. The molecule has 0 unspecified atom stereocenters. The van der Waals surface area contributed by atoms with Gasteiger partial charge in [0.25, 0.3) is 0 Å². The second-order valence-corrected chi connectivity index (χ2v) is 5.07. The minimum absolute atomic E-state index is 0.0288. The average molecular weight is 302 g/mol. The molecule has 0 bridgehead atoms. The summed E-state index contributed by atoms with van der Waals surface area (Å²) in [6.07, 6.45) is -0.0288. The van der Waals surface area contributed by atoms with Gasteiger partial charge in [-0.15, -0.1) is 0 Å². The van der Waals surface area contributed by atoms with Crippen LogP contribution in [0.1, 0.15) is 32.9 Å². The molecule has 0 aliphatic carbocycles. The first-order chi connectivity index (χ1) is 10.4. The molecule has 0 fully saturated rings. The Bertz CT molecular complexity index is 702. The van der Waals surface area contributed by atoms with Gasteiger partial charge < -0.3 is 9.84 Å². The van der Waals surface area contributed by atoms with E-state index in [9.17, 15) is 9.59 Å². The summed E-state index contributed by atoms with van der Waals surface area (Å²) < 4.78 is 6.44. The summed E-state index contributed by atoms with van der Waals surface area (Å²) in [5.41, 5.74) is 3.79. The lowest BCUT2D eigenvalue weighted by Crippen LogP contribution is -2.07. The number of hydrogen-bond acceptors (Lipinski definition) is 4. The van der Waals surface area contributed by atoms with Crippen molar-refractivity contribution in [1.29, 1.82) is 0 Å².